The zero-order chi connectivity index (χ0) is 16.1. The molecule has 2 atom stereocenters. The van der Waals surface area contributed by atoms with Crippen LogP contribution >= 0.6 is 24.8 Å². The Balaban J connectivity index is 0.00000156. The van der Waals surface area contributed by atoms with Gasteiger partial charge in [-0.3, -0.25) is 9.69 Å². The van der Waals surface area contributed by atoms with Crippen molar-refractivity contribution in [2.75, 3.05) is 18.4 Å². The molecule has 2 aliphatic heterocycles. The molecule has 1 amide bonds. The second-order valence-corrected chi connectivity index (χ2v) is 7.00. The fourth-order valence-corrected chi connectivity index (χ4v) is 3.63. The topological polar surface area (TPSA) is 44.4 Å². The van der Waals surface area contributed by atoms with Crippen molar-refractivity contribution in [3.63, 3.8) is 0 Å². The molecule has 2 aliphatic rings. The van der Waals surface area contributed by atoms with Gasteiger partial charge in [-0.25, -0.2) is 0 Å². The fourth-order valence-electron chi connectivity index (χ4n) is 3.63. The van der Waals surface area contributed by atoms with Crippen LogP contribution in [-0.2, 0) is 11.3 Å². The molecule has 2 heterocycles. The van der Waals surface area contributed by atoms with Gasteiger partial charge in [0, 0.05) is 18.3 Å². The molecule has 142 valence electrons. The number of anilines is 1. The number of carbonyl (C=O) groups is 1. The van der Waals surface area contributed by atoms with Crippen LogP contribution in [-0.4, -0.2) is 36.0 Å². The van der Waals surface area contributed by atoms with Gasteiger partial charge in [-0.2, -0.15) is 0 Å². The van der Waals surface area contributed by atoms with Crippen molar-refractivity contribution in [3.8, 4) is 0 Å². The lowest BCUT2D eigenvalue weighted by molar-refractivity contribution is -0.118. The van der Waals surface area contributed by atoms with E-state index in [0.717, 1.165) is 31.6 Å². The van der Waals surface area contributed by atoms with E-state index in [1.54, 1.807) is 0 Å². The predicted octanol–water partition coefficient (Wildman–Crippen LogP) is 3.99. The number of piperidine rings is 2. The van der Waals surface area contributed by atoms with E-state index < -0.39 is 0 Å². The minimum absolute atomic E-state index is 0. The van der Waals surface area contributed by atoms with E-state index in [-0.39, 0.29) is 36.8 Å². The lowest BCUT2D eigenvalue weighted by Gasteiger charge is -2.33. The molecule has 25 heavy (non-hydrogen) atoms. The van der Waals surface area contributed by atoms with Gasteiger partial charge in [-0.15, -0.1) is 24.8 Å². The second kappa shape index (κ2) is 11.0. The first-order valence-corrected chi connectivity index (χ1v) is 9.09. The minimum atomic E-state index is -0.0300. The van der Waals surface area contributed by atoms with E-state index in [1.165, 1.54) is 37.8 Å². The van der Waals surface area contributed by atoms with Gasteiger partial charge in [-0.05, 0) is 63.4 Å². The van der Waals surface area contributed by atoms with Gasteiger partial charge in [0.25, 0.3) is 0 Å². The molecule has 0 spiro atoms. The number of nitrogens with one attached hydrogen (secondary N) is 2. The van der Waals surface area contributed by atoms with E-state index in [2.05, 4.69) is 34.6 Å². The minimum Gasteiger partial charge on any atom is -0.325 e. The summed E-state index contributed by atoms with van der Waals surface area (Å²) in [5, 5.41) is 6.33. The molecule has 2 N–H and O–H groups in total. The number of benzene rings is 1. The van der Waals surface area contributed by atoms with E-state index in [0.29, 0.717) is 6.04 Å². The summed E-state index contributed by atoms with van der Waals surface area (Å²) in [5.74, 6) is 0.0992. The number of amides is 1. The Morgan fingerprint density at radius 2 is 1.84 bits per heavy atom. The molecular weight excluding hydrogens is 357 g/mol. The van der Waals surface area contributed by atoms with Crippen molar-refractivity contribution in [1.29, 1.82) is 0 Å². The van der Waals surface area contributed by atoms with E-state index in [4.69, 9.17) is 0 Å². The van der Waals surface area contributed by atoms with Crippen LogP contribution in [0.2, 0.25) is 0 Å². The molecule has 0 aromatic heterocycles. The van der Waals surface area contributed by atoms with Gasteiger partial charge in [0.05, 0.1) is 6.04 Å². The third-order valence-electron chi connectivity index (χ3n) is 5.17. The van der Waals surface area contributed by atoms with Crippen molar-refractivity contribution in [3.05, 3.63) is 29.8 Å². The first-order chi connectivity index (χ1) is 11.2. The zero-order valence-electron chi connectivity index (χ0n) is 15.0. The Morgan fingerprint density at radius 3 is 2.48 bits per heavy atom. The van der Waals surface area contributed by atoms with Crippen LogP contribution in [0.1, 0.15) is 51.0 Å². The summed E-state index contributed by atoms with van der Waals surface area (Å²) in [7, 11) is 0. The molecule has 2 saturated heterocycles. The molecule has 0 radical (unpaired) electrons. The van der Waals surface area contributed by atoms with Gasteiger partial charge in [0.1, 0.15) is 0 Å². The maximum Gasteiger partial charge on any atom is 0.241 e. The highest BCUT2D eigenvalue weighted by Crippen LogP contribution is 2.20. The third kappa shape index (κ3) is 6.45. The van der Waals surface area contributed by atoms with Crippen molar-refractivity contribution < 1.29 is 4.79 Å². The molecule has 3 rings (SSSR count). The van der Waals surface area contributed by atoms with Crippen LogP contribution in [0, 0.1) is 0 Å². The van der Waals surface area contributed by atoms with Crippen molar-refractivity contribution in [1.82, 2.24) is 10.2 Å². The number of carbonyl (C=O) groups excluding carboxylic acids is 1. The van der Waals surface area contributed by atoms with Crippen molar-refractivity contribution >= 4 is 36.4 Å². The average molecular weight is 388 g/mol. The lowest BCUT2D eigenvalue weighted by Crippen LogP contribution is -2.43. The van der Waals surface area contributed by atoms with E-state index in [1.807, 2.05) is 12.1 Å². The number of nitrogens with zero attached hydrogens (tertiary/aromatic N) is 1. The highest BCUT2D eigenvalue weighted by atomic mass is 35.5. The van der Waals surface area contributed by atoms with Crippen LogP contribution in [0.3, 0.4) is 0 Å². The molecule has 0 bridgehead atoms. The fraction of sp³-hybridized carbons (Fsp3) is 0.632. The molecule has 1 aromatic rings. The highest BCUT2D eigenvalue weighted by molar-refractivity contribution is 5.94. The molecule has 4 nitrogen and oxygen atoms in total. The maximum atomic E-state index is 12.2. The summed E-state index contributed by atoms with van der Waals surface area (Å²) in [6.07, 6.45) is 7.23. The number of hydrogen-bond donors (Lipinski definition) is 2. The van der Waals surface area contributed by atoms with Crippen LogP contribution in [0.25, 0.3) is 0 Å². The van der Waals surface area contributed by atoms with Gasteiger partial charge in [0.15, 0.2) is 0 Å². The van der Waals surface area contributed by atoms with Gasteiger partial charge in [-0.1, -0.05) is 25.0 Å². The SMILES string of the molecule is CC1CCCCN1Cc1ccc(NC(=O)[C@H]2CCCCN2)cc1.Cl.Cl. The van der Waals surface area contributed by atoms with E-state index >= 15 is 0 Å². The van der Waals surface area contributed by atoms with Gasteiger partial charge in [0.2, 0.25) is 5.91 Å². The van der Waals surface area contributed by atoms with E-state index in [9.17, 15) is 4.79 Å². The number of likely N-dealkylation sites (tertiary alicyclic amines) is 1. The summed E-state index contributed by atoms with van der Waals surface area (Å²) in [5.41, 5.74) is 2.23. The first kappa shape index (κ1) is 22.2. The Bertz CT molecular complexity index is 518. The average Bonchev–Trinajstić information content (AvgIpc) is 2.59. The van der Waals surface area contributed by atoms with Crippen LogP contribution in [0.4, 0.5) is 5.69 Å². The van der Waals surface area contributed by atoms with Gasteiger partial charge < -0.3 is 10.6 Å². The number of hydrogen-bond acceptors (Lipinski definition) is 3. The first-order valence-electron chi connectivity index (χ1n) is 9.09. The van der Waals surface area contributed by atoms with Crippen molar-refractivity contribution in [2.45, 2.75) is 64.1 Å². The third-order valence-corrected chi connectivity index (χ3v) is 5.17. The Hall–Kier alpha value is -0.810. The predicted molar refractivity (Wildman–Crippen MR) is 109 cm³/mol. The molecule has 0 saturated carbocycles. The second-order valence-electron chi connectivity index (χ2n) is 7.00. The lowest BCUT2D eigenvalue weighted by atomic mass is 10.0. The monoisotopic (exact) mass is 387 g/mol. The number of rotatable bonds is 4. The molecule has 1 unspecified atom stereocenters. The molecule has 0 aliphatic carbocycles. The van der Waals surface area contributed by atoms with Crippen LogP contribution in [0.15, 0.2) is 24.3 Å². The quantitative estimate of drug-likeness (QED) is 0.820. The summed E-state index contributed by atoms with van der Waals surface area (Å²) >= 11 is 0. The Kier molecular flexibility index (Phi) is 9.80. The Morgan fingerprint density at radius 1 is 1.12 bits per heavy atom. The summed E-state index contributed by atoms with van der Waals surface area (Å²) < 4.78 is 0. The van der Waals surface area contributed by atoms with Crippen molar-refractivity contribution in [2.24, 2.45) is 0 Å². The van der Waals surface area contributed by atoms with Crippen LogP contribution in [0.5, 0.6) is 0 Å². The largest absolute Gasteiger partial charge is 0.325 e. The maximum absolute atomic E-state index is 12.2. The molecule has 1 aromatic carbocycles. The number of halogens is 2. The molecule has 6 heteroatoms. The summed E-state index contributed by atoms with van der Waals surface area (Å²) in [6, 6.07) is 9.00. The van der Waals surface area contributed by atoms with Crippen LogP contribution < -0.4 is 10.6 Å². The normalized spacial score (nSPS) is 23.9. The summed E-state index contributed by atoms with van der Waals surface area (Å²) in [4.78, 5) is 14.8. The standard InChI is InChI=1S/C19H29N3O.2ClH/c1-15-6-3-5-13-22(15)14-16-8-10-17(11-9-16)21-19(23)18-7-2-4-12-20-18;;/h8-11,15,18,20H,2-7,12-14H2,1H3,(H,21,23);2*1H/t15?,18-;;/m1../s1. The Labute approximate surface area is 163 Å². The summed E-state index contributed by atoms with van der Waals surface area (Å²) in [6.45, 7) is 5.49. The zero-order valence-corrected chi connectivity index (χ0v) is 16.6. The van der Waals surface area contributed by atoms with Gasteiger partial charge >= 0.3 is 0 Å². The molecule has 2 fully saturated rings. The smallest absolute Gasteiger partial charge is 0.241 e. The highest BCUT2D eigenvalue weighted by Gasteiger charge is 2.21. The molecular formula is C19H31Cl2N3O.